The number of thiophene rings is 1. The fourth-order valence-corrected chi connectivity index (χ4v) is 2.77. The Kier molecular flexibility index (Phi) is 5.03. The first-order chi connectivity index (χ1) is 11.7. The molecule has 4 nitrogen and oxygen atoms in total. The van der Waals surface area contributed by atoms with Crippen molar-refractivity contribution in [3.05, 3.63) is 82.0 Å². The van der Waals surface area contributed by atoms with Gasteiger partial charge in [-0.05, 0) is 46.8 Å². The lowest BCUT2D eigenvalue weighted by Gasteiger charge is -2.06. The monoisotopic (exact) mass is 337 g/mol. The summed E-state index contributed by atoms with van der Waals surface area (Å²) in [6.07, 6.45) is 1.65. The van der Waals surface area contributed by atoms with Crippen LogP contribution in [0.25, 0.3) is 0 Å². The molecule has 0 aliphatic heterocycles. The lowest BCUT2D eigenvalue weighted by atomic mass is 10.2. The summed E-state index contributed by atoms with van der Waals surface area (Å²) in [5, 5.41) is 10.8. The van der Waals surface area contributed by atoms with Gasteiger partial charge in [0, 0.05) is 6.21 Å². The molecule has 1 heterocycles. The van der Waals surface area contributed by atoms with Crippen molar-refractivity contribution < 1.29 is 14.6 Å². The number of rotatable bonds is 6. The van der Waals surface area contributed by atoms with Gasteiger partial charge in [0.25, 0.3) is 0 Å². The molecule has 0 saturated carbocycles. The van der Waals surface area contributed by atoms with Crippen molar-refractivity contribution in [2.45, 2.75) is 6.61 Å². The van der Waals surface area contributed by atoms with E-state index >= 15 is 0 Å². The van der Waals surface area contributed by atoms with Crippen LogP contribution < -0.4 is 4.74 Å². The van der Waals surface area contributed by atoms with Crippen LogP contribution in [0.15, 0.2) is 71.0 Å². The van der Waals surface area contributed by atoms with Crippen molar-refractivity contribution >= 4 is 29.2 Å². The highest BCUT2D eigenvalue weighted by Gasteiger charge is 2.09. The molecular formula is C19H15NO3S. The van der Waals surface area contributed by atoms with Crippen LogP contribution in [-0.4, -0.2) is 17.3 Å². The predicted octanol–water partition coefficient (Wildman–Crippen LogP) is 4.78. The van der Waals surface area contributed by atoms with Crippen molar-refractivity contribution in [3.63, 3.8) is 0 Å². The van der Waals surface area contributed by atoms with Gasteiger partial charge in [-0.1, -0.05) is 30.3 Å². The van der Waals surface area contributed by atoms with Gasteiger partial charge < -0.3 is 9.84 Å². The van der Waals surface area contributed by atoms with Crippen LogP contribution in [0.5, 0.6) is 5.75 Å². The van der Waals surface area contributed by atoms with Crippen LogP contribution in [0.4, 0.5) is 5.69 Å². The minimum absolute atomic E-state index is 0.245. The van der Waals surface area contributed by atoms with E-state index < -0.39 is 5.97 Å². The van der Waals surface area contributed by atoms with Gasteiger partial charge in [0.05, 0.1) is 5.69 Å². The molecule has 0 amide bonds. The SMILES string of the molecule is O=C(O)c1sccc1N=Cc1ccc(OCc2ccccc2)cc1. The number of benzene rings is 2. The molecule has 0 spiro atoms. The van der Waals surface area contributed by atoms with Crippen molar-refractivity contribution in [1.82, 2.24) is 0 Å². The first kappa shape index (κ1) is 16.0. The number of aromatic carboxylic acids is 1. The van der Waals surface area contributed by atoms with Crippen molar-refractivity contribution in [2.75, 3.05) is 0 Å². The molecule has 0 aliphatic carbocycles. The van der Waals surface area contributed by atoms with E-state index in [1.807, 2.05) is 54.6 Å². The Morgan fingerprint density at radius 1 is 1.08 bits per heavy atom. The van der Waals surface area contributed by atoms with Crippen LogP contribution in [-0.2, 0) is 6.61 Å². The average molecular weight is 337 g/mol. The number of nitrogens with zero attached hydrogens (tertiary/aromatic N) is 1. The minimum Gasteiger partial charge on any atom is -0.489 e. The third-order valence-electron chi connectivity index (χ3n) is 3.32. The van der Waals surface area contributed by atoms with Gasteiger partial charge in [-0.3, -0.25) is 4.99 Å². The zero-order chi connectivity index (χ0) is 16.8. The number of carboxylic acids is 1. The maximum atomic E-state index is 11.0. The molecule has 0 aliphatic rings. The van der Waals surface area contributed by atoms with Gasteiger partial charge in [0.2, 0.25) is 0 Å². The number of carbonyl (C=O) groups is 1. The van der Waals surface area contributed by atoms with Gasteiger partial charge in [0.1, 0.15) is 17.2 Å². The van der Waals surface area contributed by atoms with Crippen LogP contribution in [0.1, 0.15) is 20.8 Å². The summed E-state index contributed by atoms with van der Waals surface area (Å²) in [7, 11) is 0. The number of ether oxygens (including phenoxy) is 1. The molecule has 5 heteroatoms. The zero-order valence-corrected chi connectivity index (χ0v) is 13.6. The molecule has 1 N–H and O–H groups in total. The highest BCUT2D eigenvalue weighted by atomic mass is 32.1. The third-order valence-corrected chi connectivity index (χ3v) is 4.21. The minimum atomic E-state index is -0.957. The molecule has 0 saturated heterocycles. The van der Waals surface area contributed by atoms with E-state index in [0.29, 0.717) is 12.3 Å². The number of hydrogen-bond donors (Lipinski definition) is 1. The smallest absolute Gasteiger partial charge is 0.348 e. The molecule has 0 unspecified atom stereocenters. The lowest BCUT2D eigenvalue weighted by Crippen LogP contribution is -1.95. The number of hydrogen-bond acceptors (Lipinski definition) is 4. The second-order valence-corrected chi connectivity index (χ2v) is 5.96. The van der Waals surface area contributed by atoms with Crippen LogP contribution in [0.3, 0.4) is 0 Å². The predicted molar refractivity (Wildman–Crippen MR) is 95.7 cm³/mol. The number of carboxylic acid groups (broad SMARTS) is 1. The lowest BCUT2D eigenvalue weighted by molar-refractivity contribution is 0.0703. The summed E-state index contributed by atoms with van der Waals surface area (Å²) in [5.74, 6) is -0.181. The van der Waals surface area contributed by atoms with Crippen molar-refractivity contribution in [1.29, 1.82) is 0 Å². The third kappa shape index (κ3) is 4.08. The standard InChI is InChI=1S/C19H15NO3S/c21-19(22)18-17(10-11-24-18)20-12-14-6-8-16(9-7-14)23-13-15-4-2-1-3-5-15/h1-12H,13H2,(H,21,22). The molecule has 0 radical (unpaired) electrons. The van der Waals surface area contributed by atoms with Crippen LogP contribution >= 0.6 is 11.3 Å². The summed E-state index contributed by atoms with van der Waals surface area (Å²) < 4.78 is 5.73. The summed E-state index contributed by atoms with van der Waals surface area (Å²) in [6, 6.07) is 19.2. The summed E-state index contributed by atoms with van der Waals surface area (Å²) in [4.78, 5) is 15.5. The van der Waals surface area contributed by atoms with E-state index in [1.165, 1.54) is 11.3 Å². The topological polar surface area (TPSA) is 58.9 Å². The van der Waals surface area contributed by atoms with Crippen molar-refractivity contribution in [2.24, 2.45) is 4.99 Å². The number of aliphatic imine (C=N–C) groups is 1. The molecule has 1 aromatic heterocycles. The quantitative estimate of drug-likeness (QED) is 0.659. The van der Waals surface area contributed by atoms with E-state index in [9.17, 15) is 4.79 Å². The summed E-state index contributed by atoms with van der Waals surface area (Å²) in [5.41, 5.74) is 2.46. The van der Waals surface area contributed by atoms with Crippen LogP contribution in [0.2, 0.25) is 0 Å². The Bertz CT molecular complexity index is 839. The highest BCUT2D eigenvalue weighted by molar-refractivity contribution is 7.12. The Hall–Kier alpha value is -2.92. The Morgan fingerprint density at radius 2 is 1.83 bits per heavy atom. The summed E-state index contributed by atoms with van der Waals surface area (Å²) in [6.45, 7) is 0.519. The fourth-order valence-electron chi connectivity index (χ4n) is 2.10. The van der Waals surface area contributed by atoms with Gasteiger partial charge in [0.15, 0.2) is 0 Å². The first-order valence-electron chi connectivity index (χ1n) is 7.34. The van der Waals surface area contributed by atoms with Crippen molar-refractivity contribution in [3.8, 4) is 5.75 Å². The Balaban J connectivity index is 1.63. The van der Waals surface area contributed by atoms with Gasteiger partial charge >= 0.3 is 5.97 Å². The normalized spacial score (nSPS) is 10.8. The molecule has 3 rings (SSSR count). The van der Waals surface area contributed by atoms with Gasteiger partial charge in [-0.25, -0.2) is 4.79 Å². The zero-order valence-electron chi connectivity index (χ0n) is 12.8. The van der Waals surface area contributed by atoms with E-state index in [0.717, 1.165) is 16.9 Å². The Labute approximate surface area is 143 Å². The van der Waals surface area contributed by atoms with E-state index in [4.69, 9.17) is 9.84 Å². The van der Waals surface area contributed by atoms with E-state index in [-0.39, 0.29) is 4.88 Å². The molecule has 2 aromatic carbocycles. The van der Waals surface area contributed by atoms with E-state index in [2.05, 4.69) is 4.99 Å². The summed E-state index contributed by atoms with van der Waals surface area (Å²) >= 11 is 1.17. The molecule has 3 aromatic rings. The van der Waals surface area contributed by atoms with E-state index in [1.54, 1.807) is 17.7 Å². The van der Waals surface area contributed by atoms with Gasteiger partial charge in [-0.15, -0.1) is 11.3 Å². The van der Waals surface area contributed by atoms with Crippen LogP contribution in [0, 0.1) is 0 Å². The average Bonchev–Trinajstić information content (AvgIpc) is 3.09. The molecule has 0 bridgehead atoms. The molecular weight excluding hydrogens is 322 g/mol. The fraction of sp³-hybridized carbons (Fsp3) is 0.0526. The van der Waals surface area contributed by atoms with Gasteiger partial charge in [-0.2, -0.15) is 0 Å². The second kappa shape index (κ2) is 7.57. The largest absolute Gasteiger partial charge is 0.489 e. The molecule has 120 valence electrons. The molecule has 24 heavy (non-hydrogen) atoms. The highest BCUT2D eigenvalue weighted by Crippen LogP contribution is 2.25. The second-order valence-electron chi connectivity index (χ2n) is 5.04. The molecule has 0 fully saturated rings. The first-order valence-corrected chi connectivity index (χ1v) is 8.22. The maximum absolute atomic E-state index is 11.0. The molecule has 0 atom stereocenters. The Morgan fingerprint density at radius 3 is 2.54 bits per heavy atom. The maximum Gasteiger partial charge on any atom is 0.348 e.